The van der Waals surface area contributed by atoms with E-state index in [-0.39, 0.29) is 22.2 Å². The van der Waals surface area contributed by atoms with Crippen molar-refractivity contribution in [2.75, 3.05) is 6.54 Å². The summed E-state index contributed by atoms with van der Waals surface area (Å²) in [6, 6.07) is 5.28. The number of halogens is 5. The van der Waals surface area contributed by atoms with Crippen molar-refractivity contribution < 1.29 is 31.9 Å². The average molecular weight is 315 g/mol. The number of hydrogen-bond donors (Lipinski definition) is 2. The summed E-state index contributed by atoms with van der Waals surface area (Å²) in [4.78, 5) is 11.6. The molecule has 1 unspecified atom stereocenters. The van der Waals surface area contributed by atoms with Crippen molar-refractivity contribution in [1.29, 1.82) is 0 Å². The number of amides is 1. The van der Waals surface area contributed by atoms with E-state index in [0.29, 0.717) is 0 Å². The standard InChI is InChI=1S/C11H10F5NO2S/c12-10(13)20-7-4-2-1-3-6(7)9(19)17-5-8(18)11(14,15)16/h1-4,8,10,18H,5H2,(H,17,19). The van der Waals surface area contributed by atoms with Crippen LogP contribution >= 0.6 is 11.8 Å². The fourth-order valence-electron chi connectivity index (χ4n) is 1.25. The maximum Gasteiger partial charge on any atom is 0.416 e. The molecule has 0 spiro atoms. The number of alkyl halides is 5. The maximum atomic E-state index is 12.3. The third kappa shape index (κ3) is 4.97. The van der Waals surface area contributed by atoms with Crippen LogP contribution in [0.3, 0.4) is 0 Å². The average Bonchev–Trinajstić information content (AvgIpc) is 2.34. The van der Waals surface area contributed by atoms with Crippen molar-refractivity contribution in [1.82, 2.24) is 5.32 Å². The molecule has 20 heavy (non-hydrogen) atoms. The molecule has 1 amide bonds. The van der Waals surface area contributed by atoms with E-state index >= 15 is 0 Å². The highest BCUT2D eigenvalue weighted by Gasteiger charge is 2.38. The summed E-state index contributed by atoms with van der Waals surface area (Å²) in [5.74, 6) is -3.72. The SMILES string of the molecule is O=C(NCC(O)C(F)(F)F)c1ccccc1SC(F)F. The van der Waals surface area contributed by atoms with Crippen LogP contribution < -0.4 is 5.32 Å². The van der Waals surface area contributed by atoms with Crippen LogP contribution in [0, 0.1) is 0 Å². The van der Waals surface area contributed by atoms with Crippen molar-refractivity contribution in [2.45, 2.75) is 22.9 Å². The van der Waals surface area contributed by atoms with Gasteiger partial charge in [-0.1, -0.05) is 23.9 Å². The van der Waals surface area contributed by atoms with Gasteiger partial charge in [-0.2, -0.15) is 22.0 Å². The van der Waals surface area contributed by atoms with Gasteiger partial charge in [0, 0.05) is 4.90 Å². The zero-order valence-corrected chi connectivity index (χ0v) is 10.6. The Balaban J connectivity index is 2.73. The van der Waals surface area contributed by atoms with Gasteiger partial charge in [0.15, 0.2) is 6.10 Å². The number of thioether (sulfide) groups is 1. The molecule has 0 heterocycles. The van der Waals surface area contributed by atoms with E-state index in [4.69, 9.17) is 5.11 Å². The fraction of sp³-hybridized carbons (Fsp3) is 0.364. The number of benzene rings is 1. The van der Waals surface area contributed by atoms with Crippen molar-refractivity contribution in [3.05, 3.63) is 29.8 Å². The van der Waals surface area contributed by atoms with Crippen molar-refractivity contribution in [2.24, 2.45) is 0 Å². The lowest BCUT2D eigenvalue weighted by atomic mass is 10.2. The molecule has 1 aromatic rings. The zero-order valence-electron chi connectivity index (χ0n) is 9.82. The maximum absolute atomic E-state index is 12.3. The molecule has 0 aromatic heterocycles. The van der Waals surface area contributed by atoms with Crippen LogP contribution in [0.15, 0.2) is 29.2 Å². The van der Waals surface area contributed by atoms with Gasteiger partial charge >= 0.3 is 6.18 Å². The lowest BCUT2D eigenvalue weighted by Gasteiger charge is -2.15. The van der Waals surface area contributed by atoms with Gasteiger partial charge in [0.25, 0.3) is 11.7 Å². The largest absolute Gasteiger partial charge is 0.416 e. The van der Waals surface area contributed by atoms with Crippen LogP contribution in [-0.4, -0.2) is 35.6 Å². The minimum atomic E-state index is -4.86. The molecule has 1 atom stereocenters. The summed E-state index contributed by atoms with van der Waals surface area (Å²) in [7, 11) is 0. The second-order valence-corrected chi connectivity index (χ2v) is 4.67. The van der Waals surface area contributed by atoms with Gasteiger partial charge in [-0.3, -0.25) is 4.79 Å². The third-order valence-electron chi connectivity index (χ3n) is 2.18. The van der Waals surface area contributed by atoms with Gasteiger partial charge in [-0.25, -0.2) is 0 Å². The first-order valence-electron chi connectivity index (χ1n) is 5.28. The topological polar surface area (TPSA) is 49.3 Å². The number of hydrogen-bond acceptors (Lipinski definition) is 3. The minimum Gasteiger partial charge on any atom is -0.382 e. The number of aliphatic hydroxyl groups is 1. The van der Waals surface area contributed by atoms with Gasteiger partial charge in [0.05, 0.1) is 12.1 Å². The summed E-state index contributed by atoms with van der Waals surface area (Å²) in [5.41, 5.74) is -0.174. The smallest absolute Gasteiger partial charge is 0.382 e. The Morgan fingerprint density at radius 1 is 1.30 bits per heavy atom. The van der Waals surface area contributed by atoms with Crippen LogP contribution in [0.25, 0.3) is 0 Å². The van der Waals surface area contributed by atoms with Gasteiger partial charge in [-0.15, -0.1) is 0 Å². The number of rotatable bonds is 5. The molecule has 9 heteroatoms. The molecule has 0 fully saturated rings. The molecule has 1 aromatic carbocycles. The summed E-state index contributed by atoms with van der Waals surface area (Å²) in [6.07, 6.45) is -7.56. The van der Waals surface area contributed by atoms with Crippen LogP contribution in [0.2, 0.25) is 0 Å². The van der Waals surface area contributed by atoms with E-state index < -0.39 is 30.5 Å². The summed E-state index contributed by atoms with van der Waals surface area (Å²) >= 11 is 0.114. The Hall–Kier alpha value is -1.35. The predicted octanol–water partition coefficient (Wildman–Crippen LogP) is 2.65. The number of aliphatic hydroxyl groups excluding tert-OH is 1. The molecular weight excluding hydrogens is 305 g/mol. The Kier molecular flexibility index (Phi) is 5.75. The van der Waals surface area contributed by atoms with Crippen molar-refractivity contribution in [3.63, 3.8) is 0 Å². The second kappa shape index (κ2) is 6.89. The number of carbonyl (C=O) groups is 1. The molecule has 0 aliphatic rings. The minimum absolute atomic E-state index is 0.0542. The third-order valence-corrected chi connectivity index (χ3v) is 2.97. The van der Waals surface area contributed by atoms with Gasteiger partial charge in [-0.05, 0) is 12.1 Å². The Bertz CT molecular complexity index is 466. The van der Waals surface area contributed by atoms with E-state index in [1.54, 1.807) is 0 Å². The van der Waals surface area contributed by atoms with Crippen LogP contribution in [0.4, 0.5) is 22.0 Å². The highest BCUT2D eigenvalue weighted by molar-refractivity contribution is 7.99. The number of carbonyl (C=O) groups excluding carboxylic acids is 1. The first-order chi connectivity index (χ1) is 9.21. The molecule has 0 bridgehead atoms. The van der Waals surface area contributed by atoms with E-state index in [2.05, 4.69) is 0 Å². The zero-order chi connectivity index (χ0) is 15.3. The first-order valence-corrected chi connectivity index (χ1v) is 6.16. The fourth-order valence-corrected chi connectivity index (χ4v) is 1.89. The van der Waals surface area contributed by atoms with Crippen molar-refractivity contribution in [3.8, 4) is 0 Å². The molecule has 0 saturated heterocycles. The molecule has 0 saturated carbocycles. The van der Waals surface area contributed by atoms with Gasteiger partial charge in [0.1, 0.15) is 0 Å². The second-order valence-electron chi connectivity index (χ2n) is 3.64. The van der Waals surface area contributed by atoms with Crippen molar-refractivity contribution >= 4 is 17.7 Å². The predicted molar refractivity (Wildman–Crippen MR) is 62.7 cm³/mol. The Morgan fingerprint density at radius 2 is 1.90 bits per heavy atom. The monoisotopic (exact) mass is 315 g/mol. The molecule has 112 valence electrons. The summed E-state index contributed by atoms with van der Waals surface area (Å²) < 4.78 is 60.7. The van der Waals surface area contributed by atoms with E-state index in [0.717, 1.165) is 0 Å². The molecule has 3 nitrogen and oxygen atoms in total. The quantitative estimate of drug-likeness (QED) is 0.649. The molecule has 0 radical (unpaired) electrons. The van der Waals surface area contributed by atoms with Crippen LogP contribution in [0.1, 0.15) is 10.4 Å². The molecule has 0 aliphatic carbocycles. The lowest BCUT2D eigenvalue weighted by molar-refractivity contribution is -0.201. The van der Waals surface area contributed by atoms with E-state index in [1.165, 1.54) is 24.3 Å². The molecular formula is C11H10F5NO2S. The first kappa shape index (κ1) is 16.7. The normalized spacial score (nSPS) is 13.3. The lowest BCUT2D eigenvalue weighted by Crippen LogP contribution is -2.40. The summed E-state index contributed by atoms with van der Waals surface area (Å²) in [6.45, 7) is -1.05. The Labute approximate surface area is 115 Å². The van der Waals surface area contributed by atoms with Crippen LogP contribution in [-0.2, 0) is 0 Å². The van der Waals surface area contributed by atoms with Crippen LogP contribution in [0.5, 0.6) is 0 Å². The highest BCUT2D eigenvalue weighted by atomic mass is 32.2. The number of nitrogens with one attached hydrogen (secondary N) is 1. The van der Waals surface area contributed by atoms with E-state index in [9.17, 15) is 26.7 Å². The molecule has 1 rings (SSSR count). The van der Waals surface area contributed by atoms with Gasteiger partial charge in [0.2, 0.25) is 0 Å². The highest BCUT2D eigenvalue weighted by Crippen LogP contribution is 2.28. The van der Waals surface area contributed by atoms with Gasteiger partial charge < -0.3 is 10.4 Å². The molecule has 0 aliphatic heterocycles. The molecule has 2 N–H and O–H groups in total. The summed E-state index contributed by atoms with van der Waals surface area (Å²) in [5, 5.41) is 10.6. The Morgan fingerprint density at radius 3 is 2.45 bits per heavy atom. The van der Waals surface area contributed by atoms with E-state index in [1.807, 2.05) is 5.32 Å².